The lowest BCUT2D eigenvalue weighted by Crippen LogP contribution is -2.40. The summed E-state index contributed by atoms with van der Waals surface area (Å²) in [6.45, 7) is 1.28. The molecular formula is C23H25NO3. The number of nitrogens with zero attached hydrogens (tertiary/aromatic N) is 1. The number of fused-ring (bicyclic) bond motifs is 1. The van der Waals surface area contributed by atoms with Crippen molar-refractivity contribution < 1.29 is 14.3 Å². The molecule has 0 spiro atoms. The van der Waals surface area contributed by atoms with Crippen molar-refractivity contribution in [3.8, 4) is 5.75 Å². The van der Waals surface area contributed by atoms with Crippen LogP contribution >= 0.6 is 0 Å². The van der Waals surface area contributed by atoms with Crippen LogP contribution in [0.15, 0.2) is 42.5 Å². The number of benzene rings is 2. The lowest BCUT2D eigenvalue weighted by Gasteiger charge is -2.31. The summed E-state index contributed by atoms with van der Waals surface area (Å²) >= 11 is 0. The van der Waals surface area contributed by atoms with Gasteiger partial charge >= 0.3 is 0 Å². The van der Waals surface area contributed by atoms with Gasteiger partial charge in [0, 0.05) is 30.1 Å². The van der Waals surface area contributed by atoms with Crippen LogP contribution in [-0.2, 0) is 12.8 Å². The molecule has 27 heavy (non-hydrogen) atoms. The van der Waals surface area contributed by atoms with Crippen LogP contribution in [0.3, 0.4) is 0 Å². The van der Waals surface area contributed by atoms with Crippen LogP contribution in [0.4, 0.5) is 0 Å². The van der Waals surface area contributed by atoms with Crippen LogP contribution in [0.5, 0.6) is 5.75 Å². The summed E-state index contributed by atoms with van der Waals surface area (Å²) in [5.41, 5.74) is 4.22. The first-order valence-corrected chi connectivity index (χ1v) is 9.75. The third kappa shape index (κ3) is 3.61. The van der Waals surface area contributed by atoms with Crippen molar-refractivity contribution in [1.82, 2.24) is 4.90 Å². The molecular weight excluding hydrogens is 338 g/mol. The maximum Gasteiger partial charge on any atom is 0.253 e. The van der Waals surface area contributed by atoms with Crippen molar-refractivity contribution in [2.45, 2.75) is 32.1 Å². The number of hydrogen-bond acceptors (Lipinski definition) is 3. The second-order valence-electron chi connectivity index (χ2n) is 7.50. The molecule has 140 valence electrons. The smallest absolute Gasteiger partial charge is 0.253 e. The lowest BCUT2D eigenvalue weighted by molar-refractivity contribution is 0.0650. The van der Waals surface area contributed by atoms with E-state index >= 15 is 0 Å². The minimum Gasteiger partial charge on any atom is -0.497 e. The fraction of sp³-hybridized carbons (Fsp3) is 0.391. The van der Waals surface area contributed by atoms with Gasteiger partial charge in [0.25, 0.3) is 5.91 Å². The summed E-state index contributed by atoms with van der Waals surface area (Å²) in [6, 6.07) is 13.4. The molecule has 4 nitrogen and oxygen atoms in total. The maximum absolute atomic E-state index is 12.8. The van der Waals surface area contributed by atoms with E-state index in [0.717, 1.165) is 42.6 Å². The Kier molecular flexibility index (Phi) is 4.97. The van der Waals surface area contributed by atoms with Gasteiger partial charge in [0.15, 0.2) is 5.78 Å². The summed E-state index contributed by atoms with van der Waals surface area (Å²) in [5, 5.41) is 0. The number of likely N-dealkylation sites (tertiary alicyclic amines) is 1. The van der Waals surface area contributed by atoms with Crippen molar-refractivity contribution in [2.75, 3.05) is 20.2 Å². The molecule has 1 heterocycles. The second-order valence-corrected chi connectivity index (χ2v) is 7.50. The van der Waals surface area contributed by atoms with Gasteiger partial charge in [0.1, 0.15) is 5.75 Å². The van der Waals surface area contributed by atoms with Crippen LogP contribution in [0.25, 0.3) is 0 Å². The predicted octanol–water partition coefficient (Wildman–Crippen LogP) is 3.92. The molecule has 1 aliphatic carbocycles. The highest BCUT2D eigenvalue weighted by molar-refractivity contribution is 5.98. The molecule has 0 bridgehead atoms. The number of ether oxygens (including phenoxy) is 1. The van der Waals surface area contributed by atoms with Crippen LogP contribution in [0.1, 0.15) is 51.1 Å². The van der Waals surface area contributed by atoms with Gasteiger partial charge in [0.05, 0.1) is 7.11 Å². The van der Waals surface area contributed by atoms with Gasteiger partial charge in [-0.1, -0.05) is 6.07 Å². The number of piperidine rings is 1. The van der Waals surface area contributed by atoms with E-state index < -0.39 is 0 Å². The lowest BCUT2D eigenvalue weighted by atomic mass is 9.88. The largest absolute Gasteiger partial charge is 0.497 e. The number of carbonyl (C=O) groups excluding carboxylic acids is 2. The molecule has 0 N–H and O–H groups in total. The molecule has 1 saturated heterocycles. The molecule has 2 aromatic rings. The summed E-state index contributed by atoms with van der Waals surface area (Å²) in [5.74, 6) is 1.01. The molecule has 4 rings (SSSR count). The monoisotopic (exact) mass is 363 g/mol. The number of aryl methyl sites for hydroxylation is 2. The third-order valence-electron chi connectivity index (χ3n) is 5.87. The van der Waals surface area contributed by atoms with E-state index in [9.17, 15) is 9.59 Å². The summed E-state index contributed by atoms with van der Waals surface area (Å²) in [6.07, 6.45) is 4.84. The van der Waals surface area contributed by atoms with Gasteiger partial charge in [-0.2, -0.15) is 0 Å². The second kappa shape index (κ2) is 7.55. The highest BCUT2D eigenvalue weighted by Crippen LogP contribution is 2.26. The molecule has 0 radical (unpaired) electrons. The Hall–Kier alpha value is -2.62. The van der Waals surface area contributed by atoms with Crippen molar-refractivity contribution >= 4 is 11.7 Å². The van der Waals surface area contributed by atoms with Gasteiger partial charge in [-0.3, -0.25) is 9.59 Å². The quantitative estimate of drug-likeness (QED) is 0.774. The molecule has 0 saturated carbocycles. The summed E-state index contributed by atoms with van der Waals surface area (Å²) in [7, 11) is 1.62. The molecule has 1 amide bonds. The van der Waals surface area contributed by atoms with Crippen LogP contribution < -0.4 is 4.74 Å². The molecule has 1 fully saturated rings. The summed E-state index contributed by atoms with van der Waals surface area (Å²) in [4.78, 5) is 27.5. The van der Waals surface area contributed by atoms with E-state index in [1.807, 2.05) is 35.2 Å². The van der Waals surface area contributed by atoms with E-state index in [4.69, 9.17) is 4.74 Å². The Balaban J connectivity index is 1.38. The highest BCUT2D eigenvalue weighted by atomic mass is 16.5. The van der Waals surface area contributed by atoms with E-state index in [0.29, 0.717) is 13.1 Å². The van der Waals surface area contributed by atoms with E-state index in [2.05, 4.69) is 12.1 Å². The Morgan fingerprint density at radius 2 is 1.59 bits per heavy atom. The van der Waals surface area contributed by atoms with Crippen LogP contribution in [0, 0.1) is 5.92 Å². The maximum atomic E-state index is 12.8. The van der Waals surface area contributed by atoms with Crippen LogP contribution in [-0.4, -0.2) is 36.8 Å². The average Bonchev–Trinajstić information content (AvgIpc) is 3.21. The minimum absolute atomic E-state index is 0.0116. The first-order chi connectivity index (χ1) is 13.2. The fourth-order valence-electron chi connectivity index (χ4n) is 4.22. The number of methoxy groups -OCH3 is 1. The number of ketones is 1. The van der Waals surface area contributed by atoms with Crippen molar-refractivity contribution in [2.24, 2.45) is 5.92 Å². The zero-order valence-corrected chi connectivity index (χ0v) is 15.7. The number of amides is 1. The highest BCUT2D eigenvalue weighted by Gasteiger charge is 2.28. The molecule has 0 aromatic heterocycles. The zero-order valence-electron chi connectivity index (χ0n) is 15.7. The Labute approximate surface area is 160 Å². The van der Waals surface area contributed by atoms with Gasteiger partial charge < -0.3 is 9.64 Å². The standard InChI is InChI=1S/C23H25NO3/c1-27-21-9-7-17(8-10-21)22(25)18-11-13-24(14-12-18)23(26)20-6-5-16-3-2-4-19(16)15-20/h5-10,15,18H,2-4,11-14H2,1H3. The SMILES string of the molecule is COc1ccc(C(=O)C2CCN(C(=O)c3ccc4c(c3)CCC4)CC2)cc1. The van der Waals surface area contributed by atoms with Gasteiger partial charge in [-0.05, 0) is 79.6 Å². The number of carbonyl (C=O) groups is 2. The Morgan fingerprint density at radius 3 is 2.30 bits per heavy atom. The molecule has 0 atom stereocenters. The van der Waals surface area contributed by atoms with Gasteiger partial charge in [-0.25, -0.2) is 0 Å². The average molecular weight is 363 g/mol. The minimum atomic E-state index is -0.0116. The molecule has 0 unspecified atom stereocenters. The number of hydrogen-bond donors (Lipinski definition) is 0. The van der Waals surface area contributed by atoms with Crippen molar-refractivity contribution in [1.29, 1.82) is 0 Å². The normalized spacial score (nSPS) is 16.9. The first kappa shape index (κ1) is 17.8. The Morgan fingerprint density at radius 1 is 0.926 bits per heavy atom. The third-order valence-corrected chi connectivity index (χ3v) is 5.87. The van der Waals surface area contributed by atoms with E-state index in [1.54, 1.807) is 7.11 Å². The molecule has 1 aliphatic heterocycles. The summed E-state index contributed by atoms with van der Waals surface area (Å²) < 4.78 is 5.15. The molecule has 4 heteroatoms. The van der Waals surface area contributed by atoms with Crippen molar-refractivity contribution in [3.05, 3.63) is 64.7 Å². The Bertz CT molecular complexity index is 848. The zero-order chi connectivity index (χ0) is 18.8. The van der Waals surface area contributed by atoms with E-state index in [1.165, 1.54) is 17.5 Å². The molecule has 2 aliphatic rings. The topological polar surface area (TPSA) is 46.6 Å². The first-order valence-electron chi connectivity index (χ1n) is 9.75. The van der Waals surface area contributed by atoms with E-state index in [-0.39, 0.29) is 17.6 Å². The van der Waals surface area contributed by atoms with Gasteiger partial charge in [0.2, 0.25) is 0 Å². The van der Waals surface area contributed by atoms with Gasteiger partial charge in [-0.15, -0.1) is 0 Å². The number of Topliss-reactive ketones (excluding diaryl/α,β-unsaturated/α-hetero) is 1. The predicted molar refractivity (Wildman–Crippen MR) is 104 cm³/mol. The fourth-order valence-corrected chi connectivity index (χ4v) is 4.22. The molecule has 2 aromatic carbocycles. The van der Waals surface area contributed by atoms with Crippen molar-refractivity contribution in [3.63, 3.8) is 0 Å². The number of rotatable bonds is 4. The van der Waals surface area contributed by atoms with Crippen LogP contribution in [0.2, 0.25) is 0 Å².